The van der Waals surface area contributed by atoms with Crippen LogP contribution < -0.4 is 19.5 Å². The monoisotopic (exact) mass is 401 g/mol. The Hall–Kier alpha value is -1.07. The van der Waals surface area contributed by atoms with Crippen LogP contribution in [0.25, 0.3) is 0 Å². The molecule has 1 aromatic rings. The molecule has 0 fully saturated rings. The van der Waals surface area contributed by atoms with Crippen LogP contribution in [0.15, 0.2) is 23.1 Å². The molecule has 24 heavy (non-hydrogen) atoms. The fraction of sp³-hybridized carbons (Fsp3) is 0.538. The summed E-state index contributed by atoms with van der Waals surface area (Å²) in [5, 5.41) is 2.99. The lowest BCUT2D eigenvalue weighted by Crippen LogP contribution is -2.32. The van der Waals surface area contributed by atoms with Gasteiger partial charge in [0.2, 0.25) is 20.0 Å². The van der Waals surface area contributed by atoms with E-state index in [1.165, 1.54) is 32.2 Å². The predicted molar refractivity (Wildman–Crippen MR) is 97.1 cm³/mol. The summed E-state index contributed by atoms with van der Waals surface area (Å²) < 4.78 is 58.0. The van der Waals surface area contributed by atoms with Crippen LogP contribution >= 0.6 is 12.4 Å². The molecule has 0 saturated heterocycles. The van der Waals surface area contributed by atoms with E-state index >= 15 is 0 Å². The van der Waals surface area contributed by atoms with Crippen molar-refractivity contribution in [3.8, 4) is 5.75 Å². The van der Waals surface area contributed by atoms with E-state index in [1.54, 1.807) is 0 Å². The summed E-state index contributed by atoms with van der Waals surface area (Å²) in [6, 6.07) is 4.11. The largest absolute Gasteiger partial charge is 0.497 e. The van der Waals surface area contributed by atoms with Crippen molar-refractivity contribution in [1.82, 2.24) is 10.0 Å². The standard InChI is InChI=1S/C13H23N3O5S2.ClH/c1-4-14-8-9-15-23(19,20)13-7-6-11(21-3)10-12(13)16-22(17,18)5-2;/h6-7,10,14-16H,4-5,8-9H2,1-3H3;1H. The van der Waals surface area contributed by atoms with Crippen LogP contribution in [-0.2, 0) is 20.0 Å². The molecule has 0 unspecified atom stereocenters. The Balaban J connectivity index is 0.00000529. The van der Waals surface area contributed by atoms with E-state index in [1.807, 2.05) is 6.92 Å². The Morgan fingerprint density at radius 3 is 2.29 bits per heavy atom. The van der Waals surface area contributed by atoms with Crippen LogP contribution in [0, 0.1) is 0 Å². The van der Waals surface area contributed by atoms with E-state index in [0.29, 0.717) is 12.3 Å². The first-order valence-electron chi connectivity index (χ1n) is 7.14. The molecule has 3 N–H and O–H groups in total. The van der Waals surface area contributed by atoms with Crippen LogP contribution in [0.2, 0.25) is 0 Å². The maximum absolute atomic E-state index is 12.4. The Bertz CT molecular complexity index is 723. The molecular weight excluding hydrogens is 378 g/mol. The highest BCUT2D eigenvalue weighted by Gasteiger charge is 2.21. The molecule has 0 bridgehead atoms. The van der Waals surface area contributed by atoms with Gasteiger partial charge < -0.3 is 10.1 Å². The van der Waals surface area contributed by atoms with E-state index in [9.17, 15) is 16.8 Å². The van der Waals surface area contributed by atoms with Crippen molar-refractivity contribution < 1.29 is 21.6 Å². The summed E-state index contributed by atoms with van der Waals surface area (Å²) in [5.41, 5.74) is -0.0397. The molecule has 0 heterocycles. The van der Waals surface area contributed by atoms with Crippen molar-refractivity contribution in [2.45, 2.75) is 18.7 Å². The van der Waals surface area contributed by atoms with E-state index in [2.05, 4.69) is 14.8 Å². The third kappa shape index (κ3) is 6.81. The molecule has 0 aliphatic heterocycles. The van der Waals surface area contributed by atoms with Crippen molar-refractivity contribution in [3.63, 3.8) is 0 Å². The number of benzene rings is 1. The minimum absolute atomic E-state index is 0. The van der Waals surface area contributed by atoms with Gasteiger partial charge in [-0.25, -0.2) is 21.6 Å². The van der Waals surface area contributed by atoms with E-state index in [0.717, 1.165) is 6.54 Å². The van der Waals surface area contributed by atoms with Gasteiger partial charge in [-0.15, -0.1) is 12.4 Å². The Kier molecular flexibility index (Phi) is 9.59. The van der Waals surface area contributed by atoms with E-state index in [-0.39, 0.29) is 35.3 Å². The molecule has 1 aromatic carbocycles. The third-order valence-corrected chi connectivity index (χ3v) is 5.78. The number of hydrogen-bond donors (Lipinski definition) is 3. The lowest BCUT2D eigenvalue weighted by molar-refractivity contribution is 0.414. The van der Waals surface area contributed by atoms with Gasteiger partial charge in [0.1, 0.15) is 10.6 Å². The van der Waals surface area contributed by atoms with Crippen molar-refractivity contribution >= 4 is 38.1 Å². The highest BCUT2D eigenvalue weighted by atomic mass is 35.5. The number of hydrogen-bond acceptors (Lipinski definition) is 6. The van der Waals surface area contributed by atoms with Crippen molar-refractivity contribution in [3.05, 3.63) is 18.2 Å². The Morgan fingerprint density at radius 1 is 1.08 bits per heavy atom. The molecule has 0 radical (unpaired) electrons. The van der Waals surface area contributed by atoms with Gasteiger partial charge >= 0.3 is 0 Å². The van der Waals surface area contributed by atoms with Crippen molar-refractivity contribution in [2.75, 3.05) is 37.2 Å². The maximum Gasteiger partial charge on any atom is 0.242 e. The average Bonchev–Trinajstić information content (AvgIpc) is 2.51. The topological polar surface area (TPSA) is 114 Å². The molecule has 140 valence electrons. The minimum atomic E-state index is -3.85. The SMILES string of the molecule is CCNCCNS(=O)(=O)c1ccc(OC)cc1NS(=O)(=O)CC.Cl. The van der Waals surface area contributed by atoms with Gasteiger partial charge in [0.15, 0.2) is 0 Å². The number of rotatable bonds is 10. The average molecular weight is 402 g/mol. The molecule has 0 aliphatic carbocycles. The summed E-state index contributed by atoms with van der Waals surface area (Å²) in [6.45, 7) is 4.77. The van der Waals surface area contributed by atoms with E-state index < -0.39 is 20.0 Å². The molecule has 0 amide bonds. The summed E-state index contributed by atoms with van der Waals surface area (Å²) in [4.78, 5) is -0.146. The van der Waals surface area contributed by atoms with Crippen LogP contribution in [-0.4, -0.2) is 49.3 Å². The molecule has 0 saturated carbocycles. The predicted octanol–water partition coefficient (Wildman–Crippen LogP) is 0.766. The highest BCUT2D eigenvalue weighted by Crippen LogP contribution is 2.27. The zero-order chi connectivity index (χ0) is 17.5. The van der Waals surface area contributed by atoms with Gasteiger partial charge in [0.05, 0.1) is 18.6 Å². The lowest BCUT2D eigenvalue weighted by atomic mass is 10.3. The fourth-order valence-corrected chi connectivity index (χ4v) is 3.60. The molecule has 0 aromatic heterocycles. The Labute approximate surface area is 149 Å². The second-order valence-corrected chi connectivity index (χ2v) is 8.37. The first-order valence-corrected chi connectivity index (χ1v) is 10.3. The van der Waals surface area contributed by atoms with Gasteiger partial charge in [0, 0.05) is 19.2 Å². The summed E-state index contributed by atoms with van der Waals surface area (Å²) in [6.07, 6.45) is 0. The third-order valence-electron chi connectivity index (χ3n) is 2.97. The Morgan fingerprint density at radius 2 is 1.75 bits per heavy atom. The van der Waals surface area contributed by atoms with Crippen molar-refractivity contribution in [1.29, 1.82) is 0 Å². The molecule has 0 spiro atoms. The zero-order valence-corrected chi connectivity index (χ0v) is 16.3. The summed E-state index contributed by atoms with van der Waals surface area (Å²) in [5.74, 6) is 0.183. The van der Waals surface area contributed by atoms with Crippen LogP contribution in [0.4, 0.5) is 5.69 Å². The van der Waals surface area contributed by atoms with Gasteiger partial charge in [0.25, 0.3) is 0 Å². The second kappa shape index (κ2) is 10.0. The quantitative estimate of drug-likeness (QED) is 0.499. The maximum atomic E-state index is 12.4. The molecule has 11 heteroatoms. The second-order valence-electron chi connectivity index (χ2n) is 4.62. The number of likely N-dealkylation sites (N-methyl/N-ethyl adjacent to an activating group) is 1. The summed E-state index contributed by atoms with van der Waals surface area (Å²) >= 11 is 0. The first-order chi connectivity index (χ1) is 10.8. The zero-order valence-electron chi connectivity index (χ0n) is 13.8. The molecular formula is C13H24ClN3O5S2. The number of ether oxygens (including phenoxy) is 1. The molecule has 1 rings (SSSR count). The van der Waals surface area contributed by atoms with Gasteiger partial charge in [-0.2, -0.15) is 0 Å². The smallest absolute Gasteiger partial charge is 0.242 e. The normalized spacial score (nSPS) is 11.6. The fourth-order valence-electron chi connectivity index (χ4n) is 1.72. The van der Waals surface area contributed by atoms with Gasteiger partial charge in [-0.1, -0.05) is 6.92 Å². The van der Waals surface area contributed by atoms with Gasteiger partial charge in [-0.05, 0) is 25.6 Å². The highest BCUT2D eigenvalue weighted by molar-refractivity contribution is 7.93. The summed E-state index contributed by atoms with van der Waals surface area (Å²) in [7, 11) is -6.06. The van der Waals surface area contributed by atoms with E-state index in [4.69, 9.17) is 4.74 Å². The van der Waals surface area contributed by atoms with Crippen LogP contribution in [0.3, 0.4) is 0 Å². The number of sulfonamides is 2. The molecule has 0 aliphatic rings. The number of halogens is 1. The number of methoxy groups -OCH3 is 1. The van der Waals surface area contributed by atoms with Gasteiger partial charge in [-0.3, -0.25) is 4.72 Å². The number of nitrogens with one attached hydrogen (secondary N) is 3. The van der Waals surface area contributed by atoms with Crippen LogP contribution in [0.1, 0.15) is 13.8 Å². The molecule has 8 nitrogen and oxygen atoms in total. The number of anilines is 1. The lowest BCUT2D eigenvalue weighted by Gasteiger charge is -2.14. The first kappa shape index (κ1) is 22.9. The van der Waals surface area contributed by atoms with Crippen molar-refractivity contribution in [2.24, 2.45) is 0 Å². The minimum Gasteiger partial charge on any atom is -0.497 e. The molecule has 0 atom stereocenters. The van der Waals surface area contributed by atoms with Crippen LogP contribution in [0.5, 0.6) is 5.75 Å².